The fourth-order valence-electron chi connectivity index (χ4n) is 3.66. The molecule has 0 amide bonds. The number of halogens is 2. The van der Waals surface area contributed by atoms with E-state index in [1.54, 1.807) is 0 Å². The summed E-state index contributed by atoms with van der Waals surface area (Å²) in [5.74, 6) is 0. The third kappa shape index (κ3) is 4.52. The molecule has 0 aromatic heterocycles. The highest BCUT2D eigenvalue weighted by Crippen LogP contribution is 2.39. The van der Waals surface area contributed by atoms with E-state index in [0.717, 1.165) is 37.3 Å². The molecule has 2 nitrogen and oxygen atoms in total. The molecule has 130 valence electrons. The molecule has 3 N–H and O–H groups in total. The van der Waals surface area contributed by atoms with Crippen molar-refractivity contribution in [1.82, 2.24) is 5.32 Å². The summed E-state index contributed by atoms with van der Waals surface area (Å²) in [5, 5.41) is 4.50. The van der Waals surface area contributed by atoms with Gasteiger partial charge >= 0.3 is 0 Å². The predicted octanol–water partition coefficient (Wildman–Crippen LogP) is 4.69. The second-order valence-electron chi connectivity index (χ2n) is 6.64. The first kappa shape index (κ1) is 19.3. The van der Waals surface area contributed by atoms with E-state index in [2.05, 4.69) is 47.8 Å². The van der Waals surface area contributed by atoms with Gasteiger partial charge in [-0.15, -0.1) is 12.4 Å². The Kier molecular flexibility index (Phi) is 7.12. The fraction of sp³-hybridized carbons (Fsp3) is 0.400. The van der Waals surface area contributed by atoms with E-state index >= 15 is 0 Å². The van der Waals surface area contributed by atoms with Crippen molar-refractivity contribution in [1.29, 1.82) is 0 Å². The van der Waals surface area contributed by atoms with Crippen LogP contribution in [0.1, 0.15) is 36.8 Å². The fourth-order valence-corrected chi connectivity index (χ4v) is 3.85. The zero-order valence-electron chi connectivity index (χ0n) is 13.9. The SMILES string of the molecule is Cl.NC[C@]1(c2cccc(Cl)c2)CC[C@H](NCc2ccccc2)CC1. The lowest BCUT2D eigenvalue weighted by atomic mass is 9.68. The average molecular weight is 365 g/mol. The first-order valence-electron chi connectivity index (χ1n) is 8.45. The summed E-state index contributed by atoms with van der Waals surface area (Å²) in [7, 11) is 0. The quantitative estimate of drug-likeness (QED) is 0.807. The van der Waals surface area contributed by atoms with E-state index in [1.807, 2.05) is 12.1 Å². The van der Waals surface area contributed by atoms with Crippen LogP contribution in [0.3, 0.4) is 0 Å². The topological polar surface area (TPSA) is 38.0 Å². The van der Waals surface area contributed by atoms with Crippen molar-refractivity contribution >= 4 is 24.0 Å². The minimum atomic E-state index is 0. The predicted molar refractivity (Wildman–Crippen MR) is 105 cm³/mol. The molecule has 24 heavy (non-hydrogen) atoms. The minimum Gasteiger partial charge on any atom is -0.330 e. The normalized spacial score (nSPS) is 23.5. The molecule has 2 aromatic rings. The zero-order chi connectivity index (χ0) is 16.1. The van der Waals surface area contributed by atoms with Gasteiger partial charge in [0.25, 0.3) is 0 Å². The van der Waals surface area contributed by atoms with Crippen LogP contribution in [-0.2, 0) is 12.0 Å². The Labute approximate surface area is 156 Å². The van der Waals surface area contributed by atoms with Crippen molar-refractivity contribution in [3.05, 3.63) is 70.7 Å². The first-order chi connectivity index (χ1) is 11.2. The van der Waals surface area contributed by atoms with Crippen LogP contribution < -0.4 is 11.1 Å². The lowest BCUT2D eigenvalue weighted by Crippen LogP contribution is -2.43. The van der Waals surface area contributed by atoms with Crippen LogP contribution in [0, 0.1) is 0 Å². The van der Waals surface area contributed by atoms with Crippen LogP contribution in [0.5, 0.6) is 0 Å². The molecule has 0 bridgehead atoms. The van der Waals surface area contributed by atoms with Gasteiger partial charge in [0.15, 0.2) is 0 Å². The molecule has 1 aliphatic carbocycles. The summed E-state index contributed by atoms with van der Waals surface area (Å²) < 4.78 is 0. The van der Waals surface area contributed by atoms with Crippen LogP contribution in [0.15, 0.2) is 54.6 Å². The standard InChI is InChI=1S/C20H25ClN2.ClH/c21-18-8-4-7-17(13-18)20(15-22)11-9-19(10-12-20)23-14-16-5-2-1-3-6-16;/h1-8,13,19,23H,9-12,14-15,22H2;1H/t19-,20-;. The van der Waals surface area contributed by atoms with Gasteiger partial charge in [0.05, 0.1) is 0 Å². The van der Waals surface area contributed by atoms with E-state index in [1.165, 1.54) is 11.1 Å². The number of nitrogens with one attached hydrogen (secondary N) is 1. The van der Waals surface area contributed by atoms with Crippen molar-refractivity contribution in [2.75, 3.05) is 6.54 Å². The maximum atomic E-state index is 6.18. The second kappa shape index (κ2) is 8.87. The van der Waals surface area contributed by atoms with Crippen LogP contribution in [0.25, 0.3) is 0 Å². The summed E-state index contributed by atoms with van der Waals surface area (Å²) in [6.45, 7) is 1.64. The minimum absolute atomic E-state index is 0. The molecule has 2 aromatic carbocycles. The summed E-state index contributed by atoms with van der Waals surface area (Å²) in [5.41, 5.74) is 8.91. The molecule has 0 spiro atoms. The summed E-state index contributed by atoms with van der Waals surface area (Å²) in [4.78, 5) is 0. The van der Waals surface area contributed by atoms with Gasteiger partial charge in [0, 0.05) is 29.6 Å². The van der Waals surface area contributed by atoms with E-state index in [0.29, 0.717) is 12.6 Å². The Balaban J connectivity index is 0.00000208. The molecular weight excluding hydrogens is 339 g/mol. The molecule has 1 saturated carbocycles. The monoisotopic (exact) mass is 364 g/mol. The number of rotatable bonds is 5. The molecule has 3 rings (SSSR count). The molecule has 0 unspecified atom stereocenters. The van der Waals surface area contributed by atoms with Gasteiger partial charge in [-0.05, 0) is 48.9 Å². The lowest BCUT2D eigenvalue weighted by molar-refractivity contribution is 0.251. The van der Waals surface area contributed by atoms with Crippen molar-refractivity contribution < 1.29 is 0 Å². The van der Waals surface area contributed by atoms with Gasteiger partial charge in [0.1, 0.15) is 0 Å². The smallest absolute Gasteiger partial charge is 0.0408 e. The number of hydrogen-bond acceptors (Lipinski definition) is 2. The Morgan fingerprint density at radius 2 is 1.75 bits per heavy atom. The number of benzene rings is 2. The van der Waals surface area contributed by atoms with Crippen LogP contribution in [-0.4, -0.2) is 12.6 Å². The van der Waals surface area contributed by atoms with Gasteiger partial charge in [-0.2, -0.15) is 0 Å². The Hall–Kier alpha value is -1.06. The summed E-state index contributed by atoms with van der Waals surface area (Å²) in [6, 6.07) is 19.4. The maximum Gasteiger partial charge on any atom is 0.0408 e. The largest absolute Gasteiger partial charge is 0.330 e. The van der Waals surface area contributed by atoms with Crippen molar-refractivity contribution in [2.24, 2.45) is 5.73 Å². The molecule has 0 heterocycles. The maximum absolute atomic E-state index is 6.18. The molecule has 1 aliphatic rings. The van der Waals surface area contributed by atoms with E-state index in [4.69, 9.17) is 17.3 Å². The van der Waals surface area contributed by atoms with Gasteiger partial charge in [0.2, 0.25) is 0 Å². The van der Waals surface area contributed by atoms with Crippen LogP contribution in [0.2, 0.25) is 5.02 Å². The van der Waals surface area contributed by atoms with Crippen molar-refractivity contribution in [2.45, 2.75) is 43.7 Å². The third-order valence-corrected chi connectivity index (χ3v) is 5.44. The van der Waals surface area contributed by atoms with Gasteiger partial charge in [-0.1, -0.05) is 54.1 Å². The van der Waals surface area contributed by atoms with Crippen molar-refractivity contribution in [3.8, 4) is 0 Å². The van der Waals surface area contributed by atoms with Gasteiger partial charge < -0.3 is 11.1 Å². The number of nitrogens with two attached hydrogens (primary N) is 1. The Morgan fingerprint density at radius 3 is 2.38 bits per heavy atom. The first-order valence-corrected chi connectivity index (χ1v) is 8.83. The average Bonchev–Trinajstić information content (AvgIpc) is 2.61. The van der Waals surface area contributed by atoms with Crippen molar-refractivity contribution in [3.63, 3.8) is 0 Å². The van der Waals surface area contributed by atoms with E-state index in [9.17, 15) is 0 Å². The molecule has 4 heteroatoms. The highest BCUT2D eigenvalue weighted by molar-refractivity contribution is 6.30. The third-order valence-electron chi connectivity index (χ3n) is 5.21. The number of hydrogen-bond donors (Lipinski definition) is 2. The molecule has 0 saturated heterocycles. The highest BCUT2D eigenvalue weighted by Gasteiger charge is 2.35. The van der Waals surface area contributed by atoms with Gasteiger partial charge in [-0.3, -0.25) is 0 Å². The molecule has 0 aliphatic heterocycles. The molecular formula is C20H26Cl2N2. The lowest BCUT2D eigenvalue weighted by Gasteiger charge is -2.40. The van der Waals surface area contributed by atoms with E-state index in [-0.39, 0.29) is 17.8 Å². The zero-order valence-corrected chi connectivity index (χ0v) is 15.5. The van der Waals surface area contributed by atoms with E-state index < -0.39 is 0 Å². The summed E-state index contributed by atoms with van der Waals surface area (Å²) >= 11 is 6.18. The molecule has 1 fully saturated rings. The molecule has 0 atom stereocenters. The summed E-state index contributed by atoms with van der Waals surface area (Å²) in [6.07, 6.45) is 4.57. The van der Waals surface area contributed by atoms with Crippen LogP contribution >= 0.6 is 24.0 Å². The second-order valence-corrected chi connectivity index (χ2v) is 7.07. The van der Waals surface area contributed by atoms with Crippen LogP contribution in [0.4, 0.5) is 0 Å². The Bertz CT molecular complexity index is 623. The molecule has 0 radical (unpaired) electrons. The highest BCUT2D eigenvalue weighted by atomic mass is 35.5. The Morgan fingerprint density at radius 1 is 1.04 bits per heavy atom. The van der Waals surface area contributed by atoms with Gasteiger partial charge in [-0.25, -0.2) is 0 Å².